The number of likely N-dealkylation sites (N-methyl/N-ethyl adjacent to an activating group) is 2. The highest BCUT2D eigenvalue weighted by Crippen LogP contribution is 2.27. The zero-order valence-corrected chi connectivity index (χ0v) is 24.9. The van der Waals surface area contributed by atoms with E-state index in [1.165, 1.54) is 26.4 Å². The fraction of sp³-hybridized carbons (Fsp3) is 0.212. The summed E-state index contributed by atoms with van der Waals surface area (Å²) in [4.78, 5) is 37.0. The average molecular weight is 608 g/mol. The predicted molar refractivity (Wildman–Crippen MR) is 172 cm³/mol. The van der Waals surface area contributed by atoms with E-state index in [0.717, 1.165) is 0 Å². The first kappa shape index (κ1) is 29.8. The van der Waals surface area contributed by atoms with E-state index in [9.17, 15) is 14.8 Å². The second kappa shape index (κ2) is 12.4. The number of benzene rings is 3. The Labute approximate surface area is 259 Å². The zero-order chi connectivity index (χ0) is 31.6. The van der Waals surface area contributed by atoms with Crippen LogP contribution in [0.5, 0.6) is 11.5 Å². The van der Waals surface area contributed by atoms with Gasteiger partial charge in [0.25, 0.3) is 5.91 Å². The van der Waals surface area contributed by atoms with Gasteiger partial charge in [-0.15, -0.1) is 0 Å². The first-order valence-electron chi connectivity index (χ1n) is 14.5. The topological polar surface area (TPSA) is 141 Å². The van der Waals surface area contributed by atoms with E-state index < -0.39 is 10.3 Å². The van der Waals surface area contributed by atoms with Crippen molar-refractivity contribution >= 4 is 28.6 Å². The Morgan fingerprint density at radius 1 is 1.07 bits per heavy atom. The molecule has 2 aromatic heterocycles. The van der Waals surface area contributed by atoms with Crippen molar-refractivity contribution in [1.29, 1.82) is 0 Å². The van der Waals surface area contributed by atoms with Crippen LogP contribution in [-0.2, 0) is 9.53 Å². The minimum absolute atomic E-state index is 0.141. The van der Waals surface area contributed by atoms with Crippen LogP contribution in [0.4, 0.5) is 11.5 Å². The van der Waals surface area contributed by atoms with Gasteiger partial charge >= 0.3 is 5.69 Å². The number of amides is 1. The van der Waals surface area contributed by atoms with Crippen molar-refractivity contribution in [2.24, 2.45) is 0 Å². The van der Waals surface area contributed by atoms with E-state index >= 15 is 0 Å². The molecule has 0 radical (unpaired) electrons. The number of hydrogen-bond acceptors (Lipinski definition) is 8. The van der Waals surface area contributed by atoms with E-state index in [-0.39, 0.29) is 24.3 Å². The van der Waals surface area contributed by atoms with E-state index in [1.807, 2.05) is 30.3 Å². The lowest BCUT2D eigenvalue weighted by atomic mass is 10.2. The molecule has 2 N–H and O–H groups in total. The van der Waals surface area contributed by atoms with E-state index in [4.69, 9.17) is 15.2 Å². The van der Waals surface area contributed by atoms with Gasteiger partial charge in [-0.3, -0.25) is 9.36 Å². The highest BCUT2D eigenvalue weighted by molar-refractivity contribution is 6.01. The normalized spacial score (nSPS) is 16.2. The lowest BCUT2D eigenvalue weighted by molar-refractivity contribution is -0.879. The summed E-state index contributed by atoms with van der Waals surface area (Å²) in [6.07, 6.45) is 5.00. The molecule has 0 aliphatic carbocycles. The third-order valence-electron chi connectivity index (χ3n) is 7.94. The third-order valence-corrected chi connectivity index (χ3v) is 7.94. The van der Waals surface area contributed by atoms with Crippen LogP contribution < -0.4 is 21.1 Å². The van der Waals surface area contributed by atoms with E-state index in [0.29, 0.717) is 59.4 Å². The van der Waals surface area contributed by atoms with Crippen LogP contribution in [0.2, 0.25) is 0 Å². The number of ether oxygens (including phenoxy) is 2. The molecule has 3 aromatic carbocycles. The van der Waals surface area contributed by atoms with Gasteiger partial charge in [-0.2, -0.15) is 0 Å². The summed E-state index contributed by atoms with van der Waals surface area (Å²) in [6, 6.07) is 23.3. The maximum atomic E-state index is 14.0. The molecule has 2 atom stereocenters. The van der Waals surface area contributed by atoms with Gasteiger partial charge in [-0.1, -0.05) is 24.3 Å². The van der Waals surface area contributed by atoms with Gasteiger partial charge in [0.05, 0.1) is 38.2 Å². The monoisotopic (exact) mass is 607 g/mol. The molecule has 3 heterocycles. The van der Waals surface area contributed by atoms with Crippen LogP contribution in [0.25, 0.3) is 22.5 Å². The number of hydroxylamine groups is 3. The van der Waals surface area contributed by atoms with Gasteiger partial charge in [0.15, 0.2) is 11.5 Å². The van der Waals surface area contributed by atoms with Crippen LogP contribution in [0.3, 0.4) is 0 Å². The Morgan fingerprint density at radius 2 is 1.82 bits per heavy atom. The molecule has 1 fully saturated rings. The van der Waals surface area contributed by atoms with E-state index in [2.05, 4.69) is 9.97 Å². The molecule has 0 saturated carbocycles. The number of quaternary nitrogens is 1. The van der Waals surface area contributed by atoms with Crippen molar-refractivity contribution in [3.8, 4) is 22.9 Å². The Bertz CT molecular complexity index is 1910. The summed E-state index contributed by atoms with van der Waals surface area (Å²) in [7, 11) is 3.23. The fourth-order valence-corrected chi connectivity index (χ4v) is 5.35. The summed E-state index contributed by atoms with van der Waals surface area (Å²) >= 11 is 0. The SMILES string of the molecule is CN(C(=O)/C=C/C[N+](C)([O-])[C@H]1CCOC1)c1cccc(-n2c(=O)n(-c3ccc(Oc4ccccc4)cc3)c3c(N)ncnc32)c1. The summed E-state index contributed by atoms with van der Waals surface area (Å²) < 4.78 is 13.6. The Morgan fingerprint density at radius 3 is 2.56 bits per heavy atom. The van der Waals surface area contributed by atoms with E-state index in [1.54, 1.807) is 68.7 Å². The molecule has 1 unspecified atom stereocenters. The van der Waals surface area contributed by atoms with Crippen molar-refractivity contribution in [3.05, 3.63) is 113 Å². The average Bonchev–Trinajstić information content (AvgIpc) is 3.69. The van der Waals surface area contributed by atoms with Crippen molar-refractivity contribution in [1.82, 2.24) is 19.1 Å². The van der Waals surface area contributed by atoms with Gasteiger partial charge in [0.1, 0.15) is 29.4 Å². The summed E-state index contributed by atoms with van der Waals surface area (Å²) in [5, 5.41) is 12.9. The third kappa shape index (κ3) is 6.07. The summed E-state index contributed by atoms with van der Waals surface area (Å²) in [5.74, 6) is 1.13. The molecule has 1 aliphatic rings. The molecule has 45 heavy (non-hydrogen) atoms. The van der Waals surface area contributed by atoms with Gasteiger partial charge < -0.3 is 30.0 Å². The number of fused-ring (bicyclic) bond motifs is 1. The number of nitrogens with two attached hydrogens (primary N) is 1. The molecular weight excluding hydrogens is 574 g/mol. The minimum atomic E-state index is -0.496. The van der Waals surface area contributed by atoms with Crippen LogP contribution in [0.15, 0.2) is 102 Å². The molecule has 230 valence electrons. The number of nitrogen functional groups attached to an aromatic ring is 1. The Balaban J connectivity index is 1.29. The standard InChI is InChI=1S/C33H33N7O5/c1-37(29(41)12-7-18-40(2,43)26-17-19-44-21-26)24-8-6-9-25(20-24)39-32-30(31(34)35-22-36-32)38(33(39)42)23-13-15-28(16-14-23)45-27-10-4-3-5-11-27/h3-16,20,22,26H,17-19,21H2,1-2H3,(H2,34,35,36)/b12-7+/t26-,40?/m0/s1. The quantitative estimate of drug-likeness (QED) is 0.149. The molecule has 1 saturated heterocycles. The van der Waals surface area contributed by atoms with Gasteiger partial charge in [-0.25, -0.2) is 19.3 Å². The molecule has 1 amide bonds. The van der Waals surface area contributed by atoms with Crippen LogP contribution in [-0.4, -0.2) is 69.6 Å². The number of imidazole rings is 1. The number of anilines is 2. The zero-order valence-electron chi connectivity index (χ0n) is 24.9. The van der Waals surface area contributed by atoms with Crippen molar-refractivity contribution in [2.75, 3.05) is 44.5 Å². The summed E-state index contributed by atoms with van der Waals surface area (Å²) in [5.41, 5.74) is 8.11. The Hall–Kier alpha value is -5.30. The minimum Gasteiger partial charge on any atom is -0.632 e. The van der Waals surface area contributed by atoms with Crippen LogP contribution in [0, 0.1) is 5.21 Å². The molecule has 5 aromatic rings. The largest absolute Gasteiger partial charge is 0.632 e. The lowest BCUT2D eigenvalue weighted by Gasteiger charge is -2.42. The highest BCUT2D eigenvalue weighted by Gasteiger charge is 2.28. The summed E-state index contributed by atoms with van der Waals surface area (Å²) in [6.45, 7) is 1.16. The fourth-order valence-electron chi connectivity index (χ4n) is 5.35. The molecule has 6 rings (SSSR count). The lowest BCUT2D eigenvalue weighted by Crippen LogP contribution is -2.47. The van der Waals surface area contributed by atoms with Crippen molar-refractivity contribution in [2.45, 2.75) is 12.5 Å². The highest BCUT2D eigenvalue weighted by atomic mass is 16.6. The van der Waals surface area contributed by atoms with Crippen LogP contribution >= 0.6 is 0 Å². The van der Waals surface area contributed by atoms with Crippen molar-refractivity contribution in [3.63, 3.8) is 0 Å². The maximum Gasteiger partial charge on any atom is 0.339 e. The second-order valence-electron chi connectivity index (χ2n) is 11.0. The first-order valence-corrected chi connectivity index (χ1v) is 14.5. The van der Waals surface area contributed by atoms with Gasteiger partial charge in [0, 0.05) is 25.2 Å². The molecule has 0 spiro atoms. The number of aromatic nitrogens is 4. The number of hydrogen-bond donors (Lipinski definition) is 1. The van der Waals surface area contributed by atoms with Gasteiger partial charge in [0.2, 0.25) is 0 Å². The number of carbonyl (C=O) groups is 1. The number of nitrogens with zero attached hydrogens (tertiary/aromatic N) is 6. The van der Waals surface area contributed by atoms with Gasteiger partial charge in [-0.05, 0) is 60.7 Å². The first-order chi connectivity index (χ1) is 21.7. The number of carbonyl (C=O) groups excluding carboxylic acids is 1. The smallest absolute Gasteiger partial charge is 0.339 e. The van der Waals surface area contributed by atoms with Crippen LogP contribution in [0.1, 0.15) is 6.42 Å². The van der Waals surface area contributed by atoms with Crippen molar-refractivity contribution < 1.29 is 18.9 Å². The second-order valence-corrected chi connectivity index (χ2v) is 11.0. The number of rotatable bonds is 9. The Kier molecular flexibility index (Phi) is 8.18. The molecule has 0 bridgehead atoms. The molecular formula is C33H33N7O5. The molecule has 12 heteroatoms. The molecule has 12 nitrogen and oxygen atoms in total. The number of para-hydroxylation sites is 1. The molecule has 1 aliphatic heterocycles. The predicted octanol–water partition coefficient (Wildman–Crippen LogP) is 4.20. The maximum absolute atomic E-state index is 14.0.